The quantitative estimate of drug-likeness (QED) is 0.755. The lowest BCUT2D eigenvalue weighted by molar-refractivity contribution is 0.790. The van der Waals surface area contributed by atoms with Crippen LogP contribution in [0.1, 0.15) is 11.6 Å². The second kappa shape index (κ2) is 4.48. The van der Waals surface area contributed by atoms with Gasteiger partial charge in [-0.15, -0.1) is 0 Å². The van der Waals surface area contributed by atoms with E-state index in [4.69, 9.17) is 35.5 Å². The summed E-state index contributed by atoms with van der Waals surface area (Å²) < 4.78 is 0. The molecule has 2 nitrogen and oxygen atoms in total. The fourth-order valence-corrected chi connectivity index (χ4v) is 1.45. The van der Waals surface area contributed by atoms with Gasteiger partial charge in [-0.2, -0.15) is 0 Å². The van der Waals surface area contributed by atoms with Crippen molar-refractivity contribution in [3.05, 3.63) is 45.2 Å². The van der Waals surface area contributed by atoms with Gasteiger partial charge in [0.2, 0.25) is 6.54 Å². The molecule has 0 spiro atoms. The first kappa shape index (κ1) is 10.3. The molecule has 1 rings (SSSR count). The number of nitrogens with zero attached hydrogens (tertiary/aromatic N) is 1. The van der Waals surface area contributed by atoms with Crippen LogP contribution < -0.4 is 5.73 Å². The number of rotatable bonds is 2. The predicted molar refractivity (Wildman–Crippen MR) is 54.9 cm³/mol. The van der Waals surface area contributed by atoms with Crippen LogP contribution in [0.5, 0.6) is 0 Å². The number of nitrogens with two attached hydrogens (primary N) is 1. The molecule has 0 aliphatic carbocycles. The second-order valence-electron chi connectivity index (χ2n) is 2.59. The summed E-state index contributed by atoms with van der Waals surface area (Å²) in [6, 6.07) is 4.89. The van der Waals surface area contributed by atoms with Gasteiger partial charge < -0.3 is 10.6 Å². The van der Waals surface area contributed by atoms with Crippen molar-refractivity contribution in [3.8, 4) is 0 Å². The molecule has 0 aromatic heterocycles. The van der Waals surface area contributed by atoms with E-state index in [0.717, 1.165) is 5.56 Å². The number of halogens is 2. The standard InChI is InChI=1S/C9H8Cl2N2/c1-13-5-8(12)6-3-2-4-7(10)9(6)11/h2-4,8H,5,12H2. The van der Waals surface area contributed by atoms with Gasteiger partial charge in [-0.3, -0.25) is 0 Å². The van der Waals surface area contributed by atoms with Gasteiger partial charge in [-0.05, 0) is 11.6 Å². The third-order valence-electron chi connectivity index (χ3n) is 1.67. The molecule has 0 saturated heterocycles. The van der Waals surface area contributed by atoms with Gasteiger partial charge in [0, 0.05) is 0 Å². The zero-order valence-electron chi connectivity index (χ0n) is 6.80. The van der Waals surface area contributed by atoms with Gasteiger partial charge in [-0.25, -0.2) is 6.57 Å². The van der Waals surface area contributed by atoms with E-state index in [2.05, 4.69) is 4.85 Å². The Bertz CT molecular complexity index is 344. The Morgan fingerprint density at radius 2 is 2.15 bits per heavy atom. The maximum absolute atomic E-state index is 6.68. The SMILES string of the molecule is [C-]#[N+]CC(N)c1cccc(Cl)c1Cl. The lowest BCUT2D eigenvalue weighted by atomic mass is 10.1. The Kier molecular flexibility index (Phi) is 3.56. The fourth-order valence-electron chi connectivity index (χ4n) is 1.00. The highest BCUT2D eigenvalue weighted by Gasteiger charge is 2.13. The summed E-state index contributed by atoms with van der Waals surface area (Å²) in [6.45, 7) is 6.90. The topological polar surface area (TPSA) is 30.4 Å². The summed E-state index contributed by atoms with van der Waals surface area (Å²) in [5.41, 5.74) is 6.45. The molecule has 0 aliphatic rings. The summed E-state index contributed by atoms with van der Waals surface area (Å²) in [5.74, 6) is 0. The maximum atomic E-state index is 6.68. The Morgan fingerprint density at radius 3 is 2.77 bits per heavy atom. The lowest BCUT2D eigenvalue weighted by Gasteiger charge is -2.08. The van der Waals surface area contributed by atoms with Gasteiger partial charge in [0.25, 0.3) is 0 Å². The van der Waals surface area contributed by atoms with Crippen LogP contribution in [0.25, 0.3) is 4.85 Å². The lowest BCUT2D eigenvalue weighted by Crippen LogP contribution is -2.13. The Morgan fingerprint density at radius 1 is 1.46 bits per heavy atom. The van der Waals surface area contributed by atoms with Crippen molar-refractivity contribution >= 4 is 23.2 Å². The maximum Gasteiger partial charge on any atom is 0.233 e. The number of hydrogen-bond donors (Lipinski definition) is 1. The van der Waals surface area contributed by atoms with Crippen molar-refractivity contribution in [3.63, 3.8) is 0 Å². The van der Waals surface area contributed by atoms with Crippen molar-refractivity contribution < 1.29 is 0 Å². The van der Waals surface area contributed by atoms with Crippen molar-refractivity contribution in [2.75, 3.05) is 6.54 Å². The molecule has 4 heteroatoms. The molecule has 0 bridgehead atoms. The number of hydrogen-bond acceptors (Lipinski definition) is 1. The first-order chi connectivity index (χ1) is 6.16. The van der Waals surface area contributed by atoms with E-state index in [0.29, 0.717) is 10.0 Å². The minimum absolute atomic E-state index is 0.222. The van der Waals surface area contributed by atoms with Crippen LogP contribution in [0.3, 0.4) is 0 Å². The van der Waals surface area contributed by atoms with Crippen molar-refractivity contribution in [2.45, 2.75) is 6.04 Å². The highest BCUT2D eigenvalue weighted by atomic mass is 35.5. The van der Waals surface area contributed by atoms with E-state index in [1.807, 2.05) is 0 Å². The van der Waals surface area contributed by atoms with Gasteiger partial charge in [-0.1, -0.05) is 35.3 Å². The monoisotopic (exact) mass is 214 g/mol. The molecular formula is C9H8Cl2N2. The first-order valence-corrected chi connectivity index (χ1v) is 4.45. The van der Waals surface area contributed by atoms with Crippen LogP contribution in [0.2, 0.25) is 10.0 Å². The van der Waals surface area contributed by atoms with Crippen LogP contribution in [0.15, 0.2) is 18.2 Å². The molecular weight excluding hydrogens is 207 g/mol. The van der Waals surface area contributed by atoms with E-state index < -0.39 is 0 Å². The van der Waals surface area contributed by atoms with Crippen LogP contribution in [-0.4, -0.2) is 6.54 Å². The van der Waals surface area contributed by atoms with Gasteiger partial charge >= 0.3 is 0 Å². The third-order valence-corrected chi connectivity index (χ3v) is 2.50. The summed E-state index contributed by atoms with van der Waals surface area (Å²) in [4.78, 5) is 3.21. The first-order valence-electron chi connectivity index (χ1n) is 3.69. The average Bonchev–Trinajstić information content (AvgIpc) is 2.10. The minimum atomic E-state index is -0.358. The van der Waals surface area contributed by atoms with Crippen LogP contribution in [-0.2, 0) is 0 Å². The Balaban J connectivity index is 3.02. The molecule has 0 radical (unpaired) electrons. The molecule has 0 aliphatic heterocycles. The zero-order valence-corrected chi connectivity index (χ0v) is 8.31. The molecule has 68 valence electrons. The van der Waals surface area contributed by atoms with Crippen molar-refractivity contribution in [1.82, 2.24) is 0 Å². The minimum Gasteiger partial charge on any atom is -0.318 e. The summed E-state index contributed by atoms with van der Waals surface area (Å²) in [5, 5.41) is 0.917. The molecule has 1 unspecified atom stereocenters. The summed E-state index contributed by atoms with van der Waals surface area (Å²) in [6.07, 6.45) is 0. The molecule has 0 fully saturated rings. The van der Waals surface area contributed by atoms with Crippen LogP contribution in [0, 0.1) is 6.57 Å². The zero-order chi connectivity index (χ0) is 9.84. The van der Waals surface area contributed by atoms with Crippen molar-refractivity contribution in [2.24, 2.45) is 5.73 Å². The largest absolute Gasteiger partial charge is 0.318 e. The highest BCUT2D eigenvalue weighted by molar-refractivity contribution is 6.42. The normalized spacial score (nSPS) is 12.2. The number of benzene rings is 1. The van der Waals surface area contributed by atoms with E-state index in [1.165, 1.54) is 0 Å². The van der Waals surface area contributed by atoms with Crippen molar-refractivity contribution in [1.29, 1.82) is 0 Å². The van der Waals surface area contributed by atoms with E-state index in [-0.39, 0.29) is 12.6 Å². The second-order valence-corrected chi connectivity index (χ2v) is 3.38. The molecule has 0 saturated carbocycles. The molecule has 1 atom stereocenters. The van der Waals surface area contributed by atoms with Gasteiger partial charge in [0.1, 0.15) is 6.04 Å². The summed E-state index contributed by atoms with van der Waals surface area (Å²) >= 11 is 11.7. The summed E-state index contributed by atoms with van der Waals surface area (Å²) in [7, 11) is 0. The Labute approximate surface area is 87.1 Å². The van der Waals surface area contributed by atoms with Crippen LogP contribution >= 0.6 is 23.2 Å². The Hall–Kier alpha value is -0.750. The van der Waals surface area contributed by atoms with Gasteiger partial charge in [0.15, 0.2) is 0 Å². The third kappa shape index (κ3) is 2.35. The average molecular weight is 215 g/mol. The molecule has 1 aromatic rings. The van der Waals surface area contributed by atoms with E-state index in [9.17, 15) is 0 Å². The van der Waals surface area contributed by atoms with E-state index >= 15 is 0 Å². The predicted octanol–water partition coefficient (Wildman–Crippen LogP) is 2.91. The molecule has 0 amide bonds. The molecule has 0 heterocycles. The highest BCUT2D eigenvalue weighted by Crippen LogP contribution is 2.28. The van der Waals surface area contributed by atoms with Gasteiger partial charge in [0.05, 0.1) is 10.0 Å². The molecule has 13 heavy (non-hydrogen) atoms. The van der Waals surface area contributed by atoms with Crippen LogP contribution in [0.4, 0.5) is 0 Å². The smallest absolute Gasteiger partial charge is 0.233 e. The molecule has 2 N–H and O–H groups in total. The van der Waals surface area contributed by atoms with E-state index in [1.54, 1.807) is 18.2 Å². The molecule has 1 aromatic carbocycles. The fraction of sp³-hybridized carbons (Fsp3) is 0.222.